The third kappa shape index (κ3) is 8.21. The molecule has 46 valence electrons. The van der Waals surface area contributed by atoms with Crippen LogP contribution in [-0.4, -0.2) is 12.5 Å². The second kappa shape index (κ2) is 8.21. The van der Waals surface area contributed by atoms with Gasteiger partial charge in [-0.15, -0.1) is 0 Å². The van der Waals surface area contributed by atoms with Crippen LogP contribution in [0.3, 0.4) is 0 Å². The Kier molecular flexibility index (Phi) is 10.9. The normalized spacial score (nSPS) is 7.22. The molecule has 1 N–H and O–H groups in total. The monoisotopic (exact) mass is 135 g/mol. The summed E-state index contributed by atoms with van der Waals surface area (Å²) >= 11 is 0. The SMILES string of the molecule is C=CC(=O)NCC[CH2-].[Na+]. The van der Waals surface area contributed by atoms with Crippen molar-refractivity contribution in [2.24, 2.45) is 0 Å². The van der Waals surface area contributed by atoms with Crippen molar-refractivity contribution in [2.75, 3.05) is 6.54 Å². The maximum Gasteiger partial charge on any atom is 1.00 e. The first-order valence-electron chi connectivity index (χ1n) is 2.50. The van der Waals surface area contributed by atoms with Gasteiger partial charge in [-0.2, -0.15) is 6.42 Å². The Balaban J connectivity index is 0. The van der Waals surface area contributed by atoms with E-state index in [1.807, 2.05) is 0 Å². The fraction of sp³-hybridized carbons (Fsp3) is 0.333. The van der Waals surface area contributed by atoms with Crippen molar-refractivity contribution in [1.82, 2.24) is 5.32 Å². The van der Waals surface area contributed by atoms with Gasteiger partial charge in [0.1, 0.15) is 0 Å². The Bertz CT molecular complexity index is 93.1. The molecule has 0 aromatic heterocycles. The van der Waals surface area contributed by atoms with Crippen LogP contribution in [0, 0.1) is 6.92 Å². The van der Waals surface area contributed by atoms with E-state index in [0.717, 1.165) is 6.42 Å². The first-order valence-corrected chi connectivity index (χ1v) is 2.50. The molecule has 9 heavy (non-hydrogen) atoms. The molecule has 0 heterocycles. The molecule has 0 saturated heterocycles. The van der Waals surface area contributed by atoms with E-state index in [-0.39, 0.29) is 35.5 Å². The largest absolute Gasteiger partial charge is 1.00 e. The Labute approximate surface area is 78.0 Å². The van der Waals surface area contributed by atoms with Crippen molar-refractivity contribution in [2.45, 2.75) is 6.42 Å². The average molecular weight is 135 g/mol. The standard InChI is InChI=1S/C6H10NO.Na/c1-3-5-7-6(8)4-2;/h4H,1-3,5H2,(H,7,8);/q-1;+1. The fourth-order valence-electron chi connectivity index (χ4n) is 0.284. The topological polar surface area (TPSA) is 29.1 Å². The summed E-state index contributed by atoms with van der Waals surface area (Å²) in [5, 5.41) is 2.56. The van der Waals surface area contributed by atoms with Crippen molar-refractivity contribution in [3.05, 3.63) is 19.6 Å². The van der Waals surface area contributed by atoms with Gasteiger partial charge in [0.05, 0.1) is 0 Å². The second-order valence-electron chi connectivity index (χ2n) is 1.35. The molecule has 3 heteroatoms. The minimum atomic E-state index is -0.131. The summed E-state index contributed by atoms with van der Waals surface area (Å²) < 4.78 is 0. The van der Waals surface area contributed by atoms with Crippen LogP contribution in [0.1, 0.15) is 6.42 Å². The van der Waals surface area contributed by atoms with E-state index in [0.29, 0.717) is 6.54 Å². The van der Waals surface area contributed by atoms with Crippen LogP contribution >= 0.6 is 0 Å². The van der Waals surface area contributed by atoms with E-state index in [4.69, 9.17) is 0 Å². The van der Waals surface area contributed by atoms with Crippen molar-refractivity contribution in [3.8, 4) is 0 Å². The van der Waals surface area contributed by atoms with E-state index in [9.17, 15) is 4.79 Å². The van der Waals surface area contributed by atoms with E-state index in [1.165, 1.54) is 6.08 Å². The van der Waals surface area contributed by atoms with Gasteiger partial charge in [-0.05, 0) is 12.6 Å². The van der Waals surface area contributed by atoms with Crippen LogP contribution in [0.5, 0.6) is 0 Å². The van der Waals surface area contributed by atoms with Crippen molar-refractivity contribution in [3.63, 3.8) is 0 Å². The molecule has 0 aromatic rings. The summed E-state index contributed by atoms with van der Waals surface area (Å²) in [7, 11) is 0. The predicted octanol–water partition coefficient (Wildman–Crippen LogP) is -2.48. The van der Waals surface area contributed by atoms with E-state index >= 15 is 0 Å². The number of carbonyl (C=O) groups is 1. The first-order chi connectivity index (χ1) is 3.81. The second-order valence-corrected chi connectivity index (χ2v) is 1.35. The van der Waals surface area contributed by atoms with Gasteiger partial charge in [-0.3, -0.25) is 4.79 Å². The summed E-state index contributed by atoms with van der Waals surface area (Å²) in [5.41, 5.74) is 0. The Morgan fingerprint density at radius 2 is 2.33 bits per heavy atom. The van der Waals surface area contributed by atoms with Gasteiger partial charge < -0.3 is 12.2 Å². The van der Waals surface area contributed by atoms with Gasteiger partial charge in [0, 0.05) is 0 Å². The molecule has 0 bridgehead atoms. The molecule has 0 rings (SSSR count). The quantitative estimate of drug-likeness (QED) is 0.259. The van der Waals surface area contributed by atoms with Crippen LogP contribution in [0.25, 0.3) is 0 Å². The van der Waals surface area contributed by atoms with E-state index < -0.39 is 0 Å². The zero-order valence-corrected chi connectivity index (χ0v) is 7.81. The van der Waals surface area contributed by atoms with Crippen LogP contribution in [0.4, 0.5) is 0 Å². The summed E-state index contributed by atoms with van der Waals surface area (Å²) in [6.45, 7) is 7.45. The molecule has 0 unspecified atom stereocenters. The maximum atomic E-state index is 10.3. The molecule has 0 aliphatic heterocycles. The van der Waals surface area contributed by atoms with Crippen LogP contribution in [-0.2, 0) is 4.79 Å². The molecule has 0 aliphatic carbocycles. The van der Waals surface area contributed by atoms with Crippen molar-refractivity contribution in [1.29, 1.82) is 0 Å². The van der Waals surface area contributed by atoms with Gasteiger partial charge in [-0.25, -0.2) is 0 Å². The van der Waals surface area contributed by atoms with E-state index in [1.54, 1.807) is 0 Å². The summed E-state index contributed by atoms with van der Waals surface area (Å²) in [6, 6.07) is 0. The molecule has 0 spiro atoms. The molecule has 0 radical (unpaired) electrons. The first kappa shape index (κ1) is 11.9. The van der Waals surface area contributed by atoms with Gasteiger partial charge in [-0.1, -0.05) is 6.58 Å². The molecule has 0 fully saturated rings. The maximum absolute atomic E-state index is 10.3. The minimum Gasteiger partial charge on any atom is -0.355 e. The molecule has 0 aromatic carbocycles. The van der Waals surface area contributed by atoms with Crippen molar-refractivity contribution >= 4 is 5.91 Å². The van der Waals surface area contributed by atoms with Crippen molar-refractivity contribution < 1.29 is 34.4 Å². The predicted molar refractivity (Wildman–Crippen MR) is 33.2 cm³/mol. The number of nitrogens with one attached hydrogen (secondary N) is 1. The molecule has 0 aliphatic rings. The zero-order chi connectivity index (χ0) is 6.41. The minimum absolute atomic E-state index is 0. The molecule has 1 amide bonds. The number of carbonyl (C=O) groups excluding carboxylic acids is 1. The van der Waals surface area contributed by atoms with Gasteiger partial charge >= 0.3 is 29.6 Å². The molecular formula is C6H10NNaO. The van der Waals surface area contributed by atoms with Crippen LogP contribution < -0.4 is 34.9 Å². The number of hydrogen-bond donors (Lipinski definition) is 1. The molecule has 0 atom stereocenters. The van der Waals surface area contributed by atoms with Gasteiger partial charge in [0.15, 0.2) is 0 Å². The molecule has 2 nitrogen and oxygen atoms in total. The Morgan fingerprint density at radius 1 is 1.78 bits per heavy atom. The Hall–Kier alpha value is 0.210. The average Bonchev–Trinajstić information content (AvgIpc) is 1.83. The smallest absolute Gasteiger partial charge is 0.355 e. The summed E-state index contributed by atoms with van der Waals surface area (Å²) in [5.74, 6) is -0.131. The van der Waals surface area contributed by atoms with Gasteiger partial charge in [0.25, 0.3) is 0 Å². The van der Waals surface area contributed by atoms with E-state index in [2.05, 4.69) is 18.8 Å². The number of rotatable bonds is 3. The van der Waals surface area contributed by atoms with Crippen LogP contribution in [0.2, 0.25) is 0 Å². The van der Waals surface area contributed by atoms with Gasteiger partial charge in [0.2, 0.25) is 5.91 Å². The summed E-state index contributed by atoms with van der Waals surface area (Å²) in [4.78, 5) is 10.3. The number of hydrogen-bond acceptors (Lipinski definition) is 1. The zero-order valence-electron chi connectivity index (χ0n) is 5.81. The third-order valence-electron chi connectivity index (χ3n) is 0.661. The fourth-order valence-corrected chi connectivity index (χ4v) is 0.284. The third-order valence-corrected chi connectivity index (χ3v) is 0.661. The van der Waals surface area contributed by atoms with Crippen LogP contribution in [0.15, 0.2) is 12.7 Å². The molecule has 0 saturated carbocycles. The Morgan fingerprint density at radius 3 is 2.67 bits per heavy atom. The molecular weight excluding hydrogens is 125 g/mol. The number of amides is 1. The summed E-state index contributed by atoms with van der Waals surface area (Å²) in [6.07, 6.45) is 1.97.